The average molecular weight is 426 g/mol. The molecule has 0 aromatic heterocycles. The lowest BCUT2D eigenvalue weighted by molar-refractivity contribution is -0.156. The van der Waals surface area contributed by atoms with Crippen LogP contribution < -0.4 is 0 Å². The van der Waals surface area contributed by atoms with E-state index < -0.39 is 11.9 Å². The van der Waals surface area contributed by atoms with Crippen molar-refractivity contribution in [3.05, 3.63) is 70.2 Å². The number of carboxylic acid groups (broad SMARTS) is 1. The first-order valence-corrected chi connectivity index (χ1v) is 10.7. The van der Waals surface area contributed by atoms with E-state index in [9.17, 15) is 9.59 Å². The number of aliphatic carboxylic acids is 1. The topological polar surface area (TPSA) is 57.6 Å². The number of unbranched alkanes of at least 4 members (excludes halogenated alkanes) is 4. The number of benzene rings is 2. The van der Waals surface area contributed by atoms with Crippen molar-refractivity contribution in [3.8, 4) is 11.8 Å². The lowest BCUT2D eigenvalue weighted by Crippen LogP contribution is -2.37. The lowest BCUT2D eigenvalue weighted by atomic mass is 10.1. The molecule has 0 radical (unpaired) electrons. The molecule has 0 saturated heterocycles. The molecule has 2 aromatic carbocycles. The Balaban J connectivity index is 1.97. The van der Waals surface area contributed by atoms with Crippen molar-refractivity contribution >= 4 is 23.5 Å². The number of hydrogen-bond acceptors (Lipinski definition) is 2. The normalized spacial score (nSPS) is 10.2. The molecule has 0 saturated carbocycles. The van der Waals surface area contributed by atoms with Gasteiger partial charge in [-0.2, -0.15) is 0 Å². The van der Waals surface area contributed by atoms with Gasteiger partial charge in [0.1, 0.15) is 0 Å². The van der Waals surface area contributed by atoms with Crippen LogP contribution in [0.25, 0.3) is 0 Å². The Labute approximate surface area is 183 Å². The summed E-state index contributed by atoms with van der Waals surface area (Å²) in [6, 6.07) is 15.0. The van der Waals surface area contributed by atoms with Crippen LogP contribution in [0.1, 0.15) is 55.7 Å². The van der Waals surface area contributed by atoms with Crippen molar-refractivity contribution in [1.29, 1.82) is 0 Å². The number of amides is 1. The summed E-state index contributed by atoms with van der Waals surface area (Å²) >= 11 is 6.00. The first kappa shape index (κ1) is 23.5. The highest BCUT2D eigenvalue weighted by atomic mass is 35.5. The zero-order valence-corrected chi connectivity index (χ0v) is 18.1. The second kappa shape index (κ2) is 12.7. The number of carbonyl (C=O) groups is 2. The van der Waals surface area contributed by atoms with Crippen molar-refractivity contribution in [1.82, 2.24) is 4.90 Å². The molecule has 30 heavy (non-hydrogen) atoms. The van der Waals surface area contributed by atoms with E-state index in [4.69, 9.17) is 16.7 Å². The van der Waals surface area contributed by atoms with Crippen molar-refractivity contribution in [2.75, 3.05) is 6.54 Å². The molecular formula is C25H28ClNO3. The fourth-order valence-electron chi connectivity index (χ4n) is 3.06. The molecule has 158 valence electrons. The molecule has 0 aliphatic rings. The van der Waals surface area contributed by atoms with Crippen LogP contribution in [0.4, 0.5) is 0 Å². The largest absolute Gasteiger partial charge is 0.474 e. The summed E-state index contributed by atoms with van der Waals surface area (Å²) in [6.07, 6.45) is 6.23. The SMILES string of the molecule is CCCCCCC#Cc1ccc(CN(CCc2cccc(Cl)c2)C(=O)C(=O)O)cc1. The van der Waals surface area contributed by atoms with Gasteiger partial charge in [-0.05, 0) is 48.2 Å². The van der Waals surface area contributed by atoms with Gasteiger partial charge in [0.05, 0.1) is 0 Å². The van der Waals surface area contributed by atoms with Gasteiger partial charge in [0.2, 0.25) is 0 Å². The van der Waals surface area contributed by atoms with Gasteiger partial charge in [-0.3, -0.25) is 4.79 Å². The summed E-state index contributed by atoms with van der Waals surface area (Å²) in [6.45, 7) is 2.72. The molecule has 0 spiro atoms. The molecule has 4 nitrogen and oxygen atoms in total. The van der Waals surface area contributed by atoms with E-state index in [1.165, 1.54) is 24.2 Å². The Morgan fingerprint density at radius 2 is 1.80 bits per heavy atom. The van der Waals surface area contributed by atoms with Crippen LogP contribution >= 0.6 is 11.6 Å². The number of nitrogens with zero attached hydrogens (tertiary/aromatic N) is 1. The van der Waals surface area contributed by atoms with Gasteiger partial charge in [0.15, 0.2) is 0 Å². The molecule has 0 aliphatic heterocycles. The maximum atomic E-state index is 12.1. The standard InChI is InChI=1S/C25H28ClNO3/c1-2-3-4-5-6-7-9-20-12-14-22(15-13-20)19-27(24(28)25(29)30)17-16-21-10-8-11-23(26)18-21/h8,10-15,18H,2-6,16-17,19H2,1H3,(H,29,30). The van der Waals surface area contributed by atoms with Gasteiger partial charge in [-0.1, -0.05) is 73.9 Å². The number of rotatable bonds is 9. The van der Waals surface area contributed by atoms with E-state index >= 15 is 0 Å². The third-order valence-electron chi connectivity index (χ3n) is 4.75. The first-order chi connectivity index (χ1) is 14.5. The van der Waals surface area contributed by atoms with Crippen LogP contribution in [-0.4, -0.2) is 28.4 Å². The van der Waals surface area contributed by atoms with Gasteiger partial charge in [0, 0.05) is 30.1 Å². The van der Waals surface area contributed by atoms with Crippen LogP contribution in [0.2, 0.25) is 5.02 Å². The van der Waals surface area contributed by atoms with Crippen LogP contribution in [0.15, 0.2) is 48.5 Å². The Kier molecular flexibility index (Phi) is 9.97. The number of hydrogen-bond donors (Lipinski definition) is 1. The third-order valence-corrected chi connectivity index (χ3v) is 4.98. The van der Waals surface area contributed by atoms with Gasteiger partial charge in [-0.25, -0.2) is 4.79 Å². The Hall–Kier alpha value is -2.77. The summed E-state index contributed by atoms with van der Waals surface area (Å²) < 4.78 is 0. The van der Waals surface area contributed by atoms with Gasteiger partial charge in [-0.15, -0.1) is 0 Å². The molecule has 0 aliphatic carbocycles. The number of halogens is 1. The molecule has 0 atom stereocenters. The summed E-state index contributed by atoms with van der Waals surface area (Å²) in [5.41, 5.74) is 2.74. The zero-order valence-electron chi connectivity index (χ0n) is 17.4. The highest BCUT2D eigenvalue weighted by Crippen LogP contribution is 2.13. The van der Waals surface area contributed by atoms with Gasteiger partial charge >= 0.3 is 11.9 Å². The smallest absolute Gasteiger partial charge is 0.394 e. The number of carboxylic acids is 1. The molecule has 0 heterocycles. The monoisotopic (exact) mass is 425 g/mol. The van der Waals surface area contributed by atoms with E-state index in [0.717, 1.165) is 29.5 Å². The number of carbonyl (C=O) groups excluding carboxylic acids is 1. The quantitative estimate of drug-likeness (QED) is 0.336. The summed E-state index contributed by atoms with van der Waals surface area (Å²) in [4.78, 5) is 24.7. The minimum absolute atomic E-state index is 0.233. The minimum Gasteiger partial charge on any atom is -0.474 e. The van der Waals surface area contributed by atoms with Gasteiger partial charge < -0.3 is 10.0 Å². The second-order valence-electron chi connectivity index (χ2n) is 7.22. The van der Waals surface area contributed by atoms with Gasteiger partial charge in [0.25, 0.3) is 0 Å². The van der Waals surface area contributed by atoms with Crippen LogP contribution in [-0.2, 0) is 22.6 Å². The van der Waals surface area contributed by atoms with Crippen LogP contribution in [0.5, 0.6) is 0 Å². The van der Waals surface area contributed by atoms with E-state index in [1.54, 1.807) is 6.07 Å². The van der Waals surface area contributed by atoms with E-state index in [2.05, 4.69) is 18.8 Å². The Bertz CT molecular complexity index is 897. The molecule has 0 fully saturated rings. The molecule has 2 rings (SSSR count). The fourth-order valence-corrected chi connectivity index (χ4v) is 3.28. The van der Waals surface area contributed by atoms with E-state index in [-0.39, 0.29) is 6.54 Å². The van der Waals surface area contributed by atoms with Crippen molar-refractivity contribution in [2.24, 2.45) is 0 Å². The predicted molar refractivity (Wildman–Crippen MR) is 120 cm³/mol. The molecule has 1 amide bonds. The van der Waals surface area contributed by atoms with Crippen molar-refractivity contribution in [2.45, 2.75) is 52.0 Å². The summed E-state index contributed by atoms with van der Waals surface area (Å²) in [5.74, 6) is 3.99. The average Bonchev–Trinajstić information content (AvgIpc) is 2.74. The lowest BCUT2D eigenvalue weighted by Gasteiger charge is -2.21. The minimum atomic E-state index is -1.45. The molecule has 0 bridgehead atoms. The maximum absolute atomic E-state index is 12.1. The van der Waals surface area contributed by atoms with Crippen molar-refractivity contribution < 1.29 is 14.7 Å². The summed E-state index contributed by atoms with van der Waals surface area (Å²) in [5, 5.41) is 9.78. The molecule has 0 unspecified atom stereocenters. The van der Waals surface area contributed by atoms with Crippen LogP contribution in [0.3, 0.4) is 0 Å². The highest BCUT2D eigenvalue weighted by molar-refractivity contribution is 6.31. The molecule has 5 heteroatoms. The molecule has 2 aromatic rings. The third kappa shape index (κ3) is 8.31. The Morgan fingerprint density at radius 3 is 2.47 bits per heavy atom. The van der Waals surface area contributed by atoms with E-state index in [1.807, 2.05) is 42.5 Å². The molecule has 1 N–H and O–H groups in total. The Morgan fingerprint density at radius 1 is 1.03 bits per heavy atom. The second-order valence-corrected chi connectivity index (χ2v) is 7.66. The maximum Gasteiger partial charge on any atom is 0.394 e. The van der Waals surface area contributed by atoms with E-state index in [0.29, 0.717) is 18.0 Å². The summed E-state index contributed by atoms with van der Waals surface area (Å²) in [7, 11) is 0. The predicted octanol–water partition coefficient (Wildman–Crippen LogP) is 5.32. The zero-order chi connectivity index (χ0) is 21.8. The molecular weight excluding hydrogens is 398 g/mol. The highest BCUT2D eigenvalue weighted by Gasteiger charge is 2.21. The fraction of sp³-hybridized carbons (Fsp3) is 0.360. The first-order valence-electron chi connectivity index (χ1n) is 10.3. The van der Waals surface area contributed by atoms with Crippen molar-refractivity contribution in [3.63, 3.8) is 0 Å². The van der Waals surface area contributed by atoms with Crippen LogP contribution in [0, 0.1) is 11.8 Å².